The van der Waals surface area contributed by atoms with Gasteiger partial charge in [-0.1, -0.05) is 61.5 Å². The summed E-state index contributed by atoms with van der Waals surface area (Å²) in [5.41, 5.74) is 10.0. The van der Waals surface area contributed by atoms with E-state index in [1.54, 1.807) is 6.20 Å². The fourth-order valence-electron chi connectivity index (χ4n) is 4.95. The lowest BCUT2D eigenvalue weighted by atomic mass is 10.0. The van der Waals surface area contributed by atoms with Crippen LogP contribution in [0.5, 0.6) is 0 Å². The first kappa shape index (κ1) is 21.5. The number of aryl methyl sites for hydroxylation is 1. The maximum atomic E-state index is 6.09. The average Bonchev–Trinajstić information content (AvgIpc) is 3.36. The van der Waals surface area contributed by atoms with Gasteiger partial charge in [0.25, 0.3) is 0 Å². The molecule has 4 heterocycles. The van der Waals surface area contributed by atoms with Crippen molar-refractivity contribution in [1.29, 1.82) is 0 Å². The van der Waals surface area contributed by atoms with Gasteiger partial charge in [0, 0.05) is 51.4 Å². The highest BCUT2D eigenvalue weighted by Crippen LogP contribution is 2.35. The summed E-state index contributed by atoms with van der Waals surface area (Å²) in [6.45, 7) is 2.18. The molecule has 0 bridgehead atoms. The molecule has 7 aromatic rings. The van der Waals surface area contributed by atoms with Crippen LogP contribution in [0.1, 0.15) is 12.5 Å². The summed E-state index contributed by atoms with van der Waals surface area (Å²) < 4.78 is 6.09. The van der Waals surface area contributed by atoms with Crippen molar-refractivity contribution in [2.45, 2.75) is 13.3 Å². The molecule has 0 N–H and O–H groups in total. The summed E-state index contributed by atoms with van der Waals surface area (Å²) in [4.78, 5) is 13.9. The van der Waals surface area contributed by atoms with Crippen LogP contribution < -0.4 is 0 Å². The Bertz CT molecular complexity index is 1900. The molecule has 3 aromatic carbocycles. The van der Waals surface area contributed by atoms with Crippen molar-refractivity contribution in [2.75, 3.05) is 0 Å². The number of para-hydroxylation sites is 1. The molecule has 0 spiro atoms. The summed E-state index contributed by atoms with van der Waals surface area (Å²) in [7, 11) is 0. The average molecular weight is 478 g/mol. The lowest BCUT2D eigenvalue weighted by Gasteiger charge is -2.08. The Labute approximate surface area is 214 Å². The molecule has 4 heteroatoms. The number of aromatic nitrogens is 3. The molecular weight excluding hydrogens is 454 g/mol. The third-order valence-electron chi connectivity index (χ3n) is 7.03. The maximum Gasteiger partial charge on any atom is 0.227 e. The molecule has 4 nitrogen and oxygen atoms in total. The Balaban J connectivity index is 1.21. The van der Waals surface area contributed by atoms with Gasteiger partial charge < -0.3 is 4.42 Å². The highest BCUT2D eigenvalue weighted by Gasteiger charge is 2.13. The summed E-state index contributed by atoms with van der Waals surface area (Å²) in [6.07, 6.45) is 6.63. The van der Waals surface area contributed by atoms with Gasteiger partial charge in [-0.3, -0.25) is 9.97 Å². The van der Waals surface area contributed by atoms with E-state index in [1.165, 1.54) is 16.7 Å². The molecule has 0 aliphatic heterocycles. The molecule has 0 radical (unpaired) electrons. The second-order valence-electron chi connectivity index (χ2n) is 9.25. The number of hydrogen-bond donors (Lipinski definition) is 0. The Morgan fingerprint density at radius 3 is 2.30 bits per heavy atom. The van der Waals surface area contributed by atoms with E-state index in [0.29, 0.717) is 5.71 Å². The van der Waals surface area contributed by atoms with Crippen LogP contribution in [0.4, 0.5) is 0 Å². The number of nitrogens with zero attached hydrogens (tertiary/aromatic N) is 3. The topological polar surface area (TPSA) is 51.8 Å². The van der Waals surface area contributed by atoms with Gasteiger partial charge in [0.05, 0.1) is 11.2 Å². The Kier molecular flexibility index (Phi) is 5.03. The molecule has 0 amide bonds. The summed E-state index contributed by atoms with van der Waals surface area (Å²) in [6, 6.07) is 31.6. The lowest BCUT2D eigenvalue weighted by molar-refractivity contribution is 0.655. The molecule has 0 aliphatic rings. The van der Waals surface area contributed by atoms with Crippen molar-refractivity contribution in [2.24, 2.45) is 0 Å². The normalized spacial score (nSPS) is 11.5. The first-order chi connectivity index (χ1) is 18.3. The molecule has 4 aromatic heterocycles. The second kappa shape index (κ2) is 8.68. The summed E-state index contributed by atoms with van der Waals surface area (Å²) in [5.74, 6) is 0. The van der Waals surface area contributed by atoms with Crippen molar-refractivity contribution in [3.05, 3.63) is 115 Å². The van der Waals surface area contributed by atoms with Crippen molar-refractivity contribution >= 4 is 33.0 Å². The van der Waals surface area contributed by atoms with Crippen molar-refractivity contribution in [3.63, 3.8) is 0 Å². The molecule has 0 saturated heterocycles. The van der Waals surface area contributed by atoms with Crippen LogP contribution in [0.25, 0.3) is 66.5 Å². The lowest BCUT2D eigenvalue weighted by Crippen LogP contribution is -1.88. The first-order valence-corrected chi connectivity index (χ1v) is 12.5. The quantitative estimate of drug-likeness (QED) is 0.255. The van der Waals surface area contributed by atoms with Crippen LogP contribution in [-0.4, -0.2) is 15.0 Å². The minimum Gasteiger partial charge on any atom is -0.437 e. The zero-order valence-electron chi connectivity index (χ0n) is 20.3. The van der Waals surface area contributed by atoms with Crippen molar-refractivity contribution in [1.82, 2.24) is 15.0 Å². The second-order valence-corrected chi connectivity index (χ2v) is 9.25. The third-order valence-corrected chi connectivity index (χ3v) is 7.03. The van der Waals surface area contributed by atoms with E-state index in [1.807, 2.05) is 42.7 Å². The van der Waals surface area contributed by atoms with E-state index in [4.69, 9.17) is 14.4 Å². The van der Waals surface area contributed by atoms with Gasteiger partial charge >= 0.3 is 0 Å². The minimum atomic E-state index is 0.643. The monoisotopic (exact) mass is 477 g/mol. The molecule has 0 unspecified atom stereocenters. The number of fused-ring (bicyclic) bond motifs is 4. The SMILES string of the molecule is CCc1ccc(-c2ccc3cc(-c4ccc(-c5cccc6c5oc5ncccc56)nc4)cnc3c2)cc1. The molecular formula is C33H23N3O. The van der Waals surface area contributed by atoms with Gasteiger partial charge in [-0.25, -0.2) is 4.98 Å². The fourth-order valence-corrected chi connectivity index (χ4v) is 4.95. The molecule has 176 valence electrons. The van der Waals surface area contributed by atoms with E-state index in [2.05, 4.69) is 72.6 Å². The molecule has 0 aliphatic carbocycles. The Morgan fingerprint density at radius 2 is 1.46 bits per heavy atom. The van der Waals surface area contributed by atoms with Gasteiger partial charge in [-0.15, -0.1) is 0 Å². The summed E-state index contributed by atoms with van der Waals surface area (Å²) >= 11 is 0. The fraction of sp³-hybridized carbons (Fsp3) is 0.0606. The van der Waals surface area contributed by atoms with Gasteiger partial charge in [0.15, 0.2) is 0 Å². The largest absolute Gasteiger partial charge is 0.437 e. The Morgan fingerprint density at radius 1 is 0.649 bits per heavy atom. The predicted octanol–water partition coefficient (Wildman–Crippen LogP) is 8.49. The standard InChI is InChI=1S/C33H23N3O/c1-2-21-8-10-22(11-9-21)23-12-13-24-17-26(20-36-31(24)18-23)25-14-15-30(35-19-25)29-6-3-5-27-28-7-4-16-34-33(28)37-32(27)29/h3-20H,2H2,1H3. The number of pyridine rings is 3. The Hall–Kier alpha value is -4.83. The number of furan rings is 1. The predicted molar refractivity (Wildman–Crippen MR) is 150 cm³/mol. The molecule has 0 fully saturated rings. The zero-order chi connectivity index (χ0) is 24.8. The molecule has 0 atom stereocenters. The highest BCUT2D eigenvalue weighted by molar-refractivity contribution is 6.08. The van der Waals surface area contributed by atoms with E-state index >= 15 is 0 Å². The maximum absolute atomic E-state index is 6.09. The van der Waals surface area contributed by atoms with Crippen LogP contribution in [0, 0.1) is 0 Å². The van der Waals surface area contributed by atoms with Crippen LogP contribution in [-0.2, 0) is 6.42 Å². The van der Waals surface area contributed by atoms with E-state index in [9.17, 15) is 0 Å². The number of hydrogen-bond acceptors (Lipinski definition) is 4. The van der Waals surface area contributed by atoms with Crippen LogP contribution in [0.2, 0.25) is 0 Å². The highest BCUT2D eigenvalue weighted by atomic mass is 16.3. The smallest absolute Gasteiger partial charge is 0.227 e. The van der Waals surface area contributed by atoms with Gasteiger partial charge in [0.1, 0.15) is 5.58 Å². The van der Waals surface area contributed by atoms with E-state index < -0.39 is 0 Å². The molecule has 0 saturated carbocycles. The molecule has 7 rings (SSSR count). The minimum absolute atomic E-state index is 0.643. The zero-order valence-corrected chi connectivity index (χ0v) is 20.3. The van der Waals surface area contributed by atoms with Crippen LogP contribution in [0.3, 0.4) is 0 Å². The number of benzene rings is 3. The molecule has 37 heavy (non-hydrogen) atoms. The van der Waals surface area contributed by atoms with Gasteiger partial charge in [-0.05, 0) is 59.5 Å². The third kappa shape index (κ3) is 3.74. The van der Waals surface area contributed by atoms with Gasteiger partial charge in [0.2, 0.25) is 5.71 Å². The summed E-state index contributed by atoms with van der Waals surface area (Å²) in [5, 5.41) is 3.17. The van der Waals surface area contributed by atoms with Crippen molar-refractivity contribution in [3.8, 4) is 33.5 Å². The van der Waals surface area contributed by atoms with Crippen molar-refractivity contribution < 1.29 is 4.42 Å². The first-order valence-electron chi connectivity index (χ1n) is 12.5. The van der Waals surface area contributed by atoms with Crippen LogP contribution >= 0.6 is 0 Å². The number of rotatable bonds is 4. The van der Waals surface area contributed by atoms with Gasteiger partial charge in [-0.2, -0.15) is 0 Å². The van der Waals surface area contributed by atoms with E-state index in [0.717, 1.165) is 56.1 Å². The van der Waals surface area contributed by atoms with Crippen LogP contribution in [0.15, 0.2) is 114 Å². The van der Waals surface area contributed by atoms with E-state index in [-0.39, 0.29) is 0 Å².